The Labute approximate surface area is 164 Å². The topological polar surface area (TPSA) is 78.1 Å². The van der Waals surface area contributed by atoms with Crippen molar-refractivity contribution in [3.05, 3.63) is 60.6 Å². The fourth-order valence-electron chi connectivity index (χ4n) is 3.57. The molecule has 0 unspecified atom stereocenters. The number of para-hydroxylation sites is 1. The van der Waals surface area contributed by atoms with Gasteiger partial charge in [-0.25, -0.2) is 4.79 Å². The van der Waals surface area contributed by atoms with E-state index in [9.17, 15) is 9.90 Å². The summed E-state index contributed by atoms with van der Waals surface area (Å²) in [5, 5.41) is 10.3. The van der Waals surface area contributed by atoms with Gasteiger partial charge in [0.05, 0.1) is 6.26 Å². The van der Waals surface area contributed by atoms with Crippen LogP contribution in [-0.2, 0) is 19.0 Å². The molecule has 28 heavy (non-hydrogen) atoms. The molecule has 0 saturated heterocycles. The average Bonchev–Trinajstić information content (AvgIpc) is 3.14. The van der Waals surface area contributed by atoms with Crippen LogP contribution in [0.5, 0.6) is 0 Å². The lowest BCUT2D eigenvalue weighted by molar-refractivity contribution is -0.175. The van der Waals surface area contributed by atoms with E-state index in [1.165, 1.54) is 6.08 Å². The molecule has 0 amide bonds. The van der Waals surface area contributed by atoms with E-state index < -0.39 is 12.3 Å². The summed E-state index contributed by atoms with van der Waals surface area (Å²) in [7, 11) is 0. The van der Waals surface area contributed by atoms with Crippen molar-refractivity contribution in [2.75, 3.05) is 19.8 Å². The zero-order valence-electron chi connectivity index (χ0n) is 16.0. The van der Waals surface area contributed by atoms with Crippen LogP contribution in [0, 0.1) is 5.92 Å². The number of benzene rings is 1. The first-order valence-electron chi connectivity index (χ1n) is 9.54. The molecular formula is C22H26O6. The van der Waals surface area contributed by atoms with E-state index in [0.29, 0.717) is 19.4 Å². The molecule has 0 fully saturated rings. The molecular weight excluding hydrogens is 360 g/mol. The van der Waals surface area contributed by atoms with Crippen LogP contribution in [0.25, 0.3) is 11.0 Å². The Morgan fingerprint density at radius 3 is 2.93 bits per heavy atom. The second-order valence-electron chi connectivity index (χ2n) is 6.60. The maximum atomic E-state index is 12.4. The van der Waals surface area contributed by atoms with E-state index in [1.807, 2.05) is 31.2 Å². The van der Waals surface area contributed by atoms with Crippen LogP contribution in [0.4, 0.5) is 0 Å². The Kier molecular flexibility index (Phi) is 6.90. The normalized spacial score (nSPS) is 21.8. The van der Waals surface area contributed by atoms with Crippen LogP contribution in [-0.4, -0.2) is 37.2 Å². The van der Waals surface area contributed by atoms with Crippen LogP contribution in [0.2, 0.25) is 0 Å². The molecule has 2 aromatic rings. The van der Waals surface area contributed by atoms with Crippen LogP contribution < -0.4 is 0 Å². The lowest BCUT2D eigenvalue weighted by Gasteiger charge is -2.36. The van der Waals surface area contributed by atoms with Gasteiger partial charge in [0.2, 0.25) is 12.0 Å². The maximum absolute atomic E-state index is 12.4. The third-order valence-electron chi connectivity index (χ3n) is 4.81. The van der Waals surface area contributed by atoms with Crippen LogP contribution in [0.15, 0.2) is 59.4 Å². The predicted octanol–water partition coefficient (Wildman–Crippen LogP) is 3.91. The number of esters is 1. The van der Waals surface area contributed by atoms with Crippen molar-refractivity contribution in [3.8, 4) is 0 Å². The highest BCUT2D eigenvalue weighted by atomic mass is 16.7. The Morgan fingerprint density at radius 2 is 2.18 bits per heavy atom. The summed E-state index contributed by atoms with van der Waals surface area (Å²) >= 11 is 0. The van der Waals surface area contributed by atoms with Gasteiger partial charge in [0.25, 0.3) is 0 Å². The molecule has 0 saturated carbocycles. The predicted molar refractivity (Wildman–Crippen MR) is 105 cm³/mol. The van der Waals surface area contributed by atoms with E-state index in [-0.39, 0.29) is 30.8 Å². The van der Waals surface area contributed by atoms with Gasteiger partial charge in [0, 0.05) is 36.0 Å². The van der Waals surface area contributed by atoms with Crippen molar-refractivity contribution in [3.63, 3.8) is 0 Å². The minimum Gasteiger partial charge on any atom is -0.464 e. The highest BCUT2D eigenvalue weighted by Gasteiger charge is 2.39. The summed E-state index contributed by atoms with van der Waals surface area (Å²) in [5.41, 5.74) is 1.74. The number of aliphatic hydroxyl groups is 1. The van der Waals surface area contributed by atoms with Crippen molar-refractivity contribution < 1.29 is 28.5 Å². The van der Waals surface area contributed by atoms with Crippen molar-refractivity contribution in [2.45, 2.75) is 32.0 Å². The van der Waals surface area contributed by atoms with Gasteiger partial charge < -0.3 is 23.7 Å². The molecule has 0 aliphatic carbocycles. The van der Waals surface area contributed by atoms with E-state index >= 15 is 0 Å². The molecule has 3 atom stereocenters. The number of rotatable bonds is 9. The number of aliphatic hydroxyl groups excluding tert-OH is 1. The second kappa shape index (κ2) is 9.57. The summed E-state index contributed by atoms with van der Waals surface area (Å²) in [6.45, 7) is 6.05. The van der Waals surface area contributed by atoms with E-state index in [4.69, 9.17) is 18.6 Å². The molecule has 0 radical (unpaired) electrons. The van der Waals surface area contributed by atoms with Crippen molar-refractivity contribution in [1.82, 2.24) is 0 Å². The van der Waals surface area contributed by atoms with Gasteiger partial charge in [-0.1, -0.05) is 30.9 Å². The van der Waals surface area contributed by atoms with Crippen molar-refractivity contribution >= 4 is 16.9 Å². The largest absolute Gasteiger partial charge is 0.464 e. The Hall–Kier alpha value is -2.57. The van der Waals surface area contributed by atoms with E-state index in [1.54, 1.807) is 12.3 Å². The average molecular weight is 386 g/mol. The van der Waals surface area contributed by atoms with Gasteiger partial charge in [0.15, 0.2) is 0 Å². The first-order valence-corrected chi connectivity index (χ1v) is 9.54. The fraction of sp³-hybridized carbons (Fsp3) is 0.409. The van der Waals surface area contributed by atoms with E-state index in [2.05, 4.69) is 6.58 Å². The lowest BCUT2D eigenvalue weighted by atomic mass is 9.80. The number of fused-ring (bicyclic) bond motifs is 1. The SMILES string of the molecule is C=CCOC(=O)C1=C[C@H](c2coc3ccccc23)[C@@H](CCCO)[C@H](OCC)O1. The number of hydrogen-bond acceptors (Lipinski definition) is 6. The third kappa shape index (κ3) is 4.29. The van der Waals surface area contributed by atoms with E-state index in [0.717, 1.165) is 16.5 Å². The number of carbonyl (C=O) groups excluding carboxylic acids is 1. The standard InChI is InChI=1S/C22H26O6/c1-3-12-26-21(24)20-13-17(16(9-7-11-23)22(28-20)25-4-2)18-14-27-19-10-6-5-8-15(18)19/h3,5-6,8,10,13-14,16-17,22-23H,1,4,7,9,11-12H2,2H3/t16-,17+,22-/m1/s1. The molecule has 2 heterocycles. The zero-order valence-corrected chi connectivity index (χ0v) is 16.0. The molecule has 6 heteroatoms. The number of allylic oxidation sites excluding steroid dienone is 1. The highest BCUT2D eigenvalue weighted by molar-refractivity contribution is 5.87. The smallest absolute Gasteiger partial charge is 0.373 e. The molecule has 6 nitrogen and oxygen atoms in total. The van der Waals surface area contributed by atoms with Crippen molar-refractivity contribution in [1.29, 1.82) is 0 Å². The van der Waals surface area contributed by atoms with Crippen LogP contribution in [0.1, 0.15) is 31.2 Å². The monoisotopic (exact) mass is 386 g/mol. The maximum Gasteiger partial charge on any atom is 0.373 e. The summed E-state index contributed by atoms with van der Waals surface area (Å²) in [6.07, 6.45) is 5.67. The van der Waals surface area contributed by atoms with Crippen LogP contribution >= 0.6 is 0 Å². The number of carbonyl (C=O) groups is 1. The first-order chi connectivity index (χ1) is 13.7. The van der Waals surface area contributed by atoms with Gasteiger partial charge in [0.1, 0.15) is 12.2 Å². The Morgan fingerprint density at radius 1 is 1.36 bits per heavy atom. The van der Waals surface area contributed by atoms with Gasteiger partial charge in [-0.05, 0) is 31.9 Å². The minimum absolute atomic E-state index is 0.0755. The zero-order chi connectivity index (χ0) is 19.9. The number of furan rings is 1. The quantitative estimate of drug-likeness (QED) is 0.520. The van der Waals surface area contributed by atoms with Gasteiger partial charge >= 0.3 is 5.97 Å². The molecule has 1 aliphatic heterocycles. The molecule has 0 bridgehead atoms. The summed E-state index contributed by atoms with van der Waals surface area (Å²) in [6, 6.07) is 7.77. The fourth-order valence-corrected chi connectivity index (χ4v) is 3.57. The lowest BCUT2D eigenvalue weighted by Crippen LogP contribution is -2.36. The van der Waals surface area contributed by atoms with Gasteiger partial charge in [-0.2, -0.15) is 0 Å². The molecule has 1 aliphatic rings. The highest BCUT2D eigenvalue weighted by Crippen LogP contribution is 2.42. The van der Waals surface area contributed by atoms with Gasteiger partial charge in [-0.3, -0.25) is 0 Å². The molecule has 1 aromatic carbocycles. The summed E-state index contributed by atoms with van der Waals surface area (Å²) in [4.78, 5) is 12.4. The number of ether oxygens (including phenoxy) is 3. The van der Waals surface area contributed by atoms with Crippen molar-refractivity contribution in [2.24, 2.45) is 5.92 Å². The summed E-state index contributed by atoms with van der Waals surface area (Å²) in [5.74, 6) is -0.685. The third-order valence-corrected chi connectivity index (χ3v) is 4.81. The molecule has 0 spiro atoms. The second-order valence-corrected chi connectivity index (χ2v) is 6.60. The molecule has 1 aromatic heterocycles. The molecule has 3 rings (SSSR count). The summed E-state index contributed by atoms with van der Waals surface area (Å²) < 4.78 is 22.5. The number of hydrogen-bond donors (Lipinski definition) is 1. The first kappa shape index (κ1) is 20.2. The Bertz CT molecular complexity index is 836. The molecule has 150 valence electrons. The minimum atomic E-state index is -0.619. The molecule has 1 N–H and O–H groups in total. The Balaban J connectivity index is 2.02. The van der Waals surface area contributed by atoms with Gasteiger partial charge in [-0.15, -0.1) is 0 Å². The van der Waals surface area contributed by atoms with Crippen LogP contribution in [0.3, 0.4) is 0 Å².